The van der Waals surface area contributed by atoms with Crippen molar-refractivity contribution in [2.45, 2.75) is 12.1 Å². The minimum atomic E-state index is -4.57. The van der Waals surface area contributed by atoms with Gasteiger partial charge in [-0.25, -0.2) is 0 Å². The van der Waals surface area contributed by atoms with Gasteiger partial charge in [-0.15, -0.1) is 0 Å². The smallest absolute Gasteiger partial charge is 0.369 e. The standard InChI is InChI=1S/C13H9ClF3N3O/c14-8-5-7(13(15,16)17)6-20-11(8)10(12(18)21)9-3-1-2-4-19-9/h1-6,10H,(H2,18,21)/t10-/m1/s1. The molecule has 0 aliphatic heterocycles. The van der Waals surface area contributed by atoms with Gasteiger partial charge in [-0.2, -0.15) is 13.2 Å². The molecule has 0 aliphatic carbocycles. The highest BCUT2D eigenvalue weighted by molar-refractivity contribution is 6.31. The number of alkyl halides is 3. The van der Waals surface area contributed by atoms with Crippen molar-refractivity contribution in [2.24, 2.45) is 5.73 Å². The molecule has 0 spiro atoms. The number of pyridine rings is 2. The molecule has 2 aromatic rings. The monoisotopic (exact) mass is 315 g/mol. The predicted molar refractivity (Wildman–Crippen MR) is 69.5 cm³/mol. The Morgan fingerprint density at radius 3 is 2.48 bits per heavy atom. The second-order valence-corrected chi connectivity index (χ2v) is 4.59. The van der Waals surface area contributed by atoms with Crippen LogP contribution in [0, 0.1) is 0 Å². The van der Waals surface area contributed by atoms with Crippen LogP contribution < -0.4 is 5.73 Å². The van der Waals surface area contributed by atoms with Crippen LogP contribution in [-0.4, -0.2) is 15.9 Å². The van der Waals surface area contributed by atoms with E-state index >= 15 is 0 Å². The Hall–Kier alpha value is -2.15. The molecule has 1 atom stereocenters. The van der Waals surface area contributed by atoms with Crippen LogP contribution in [0.2, 0.25) is 5.02 Å². The molecule has 4 nitrogen and oxygen atoms in total. The third kappa shape index (κ3) is 3.30. The van der Waals surface area contributed by atoms with Crippen LogP contribution in [0.4, 0.5) is 13.2 Å². The summed E-state index contributed by atoms with van der Waals surface area (Å²) in [5, 5.41) is -0.292. The minimum absolute atomic E-state index is 0.0594. The number of rotatable bonds is 3. The fourth-order valence-corrected chi connectivity index (χ4v) is 2.06. The summed E-state index contributed by atoms with van der Waals surface area (Å²) in [4.78, 5) is 19.2. The average molecular weight is 316 g/mol. The Morgan fingerprint density at radius 2 is 2.00 bits per heavy atom. The lowest BCUT2D eigenvalue weighted by atomic mass is 9.98. The van der Waals surface area contributed by atoms with Gasteiger partial charge in [-0.1, -0.05) is 17.7 Å². The Balaban J connectivity index is 2.50. The SMILES string of the molecule is NC(=O)[C@H](c1ccccn1)c1ncc(C(F)(F)F)cc1Cl. The second-order valence-electron chi connectivity index (χ2n) is 4.18. The van der Waals surface area contributed by atoms with Crippen LogP contribution in [0.25, 0.3) is 0 Å². The van der Waals surface area contributed by atoms with Crippen molar-refractivity contribution >= 4 is 17.5 Å². The minimum Gasteiger partial charge on any atom is -0.369 e. The van der Waals surface area contributed by atoms with Crippen molar-refractivity contribution in [2.75, 3.05) is 0 Å². The van der Waals surface area contributed by atoms with Crippen LogP contribution in [0.3, 0.4) is 0 Å². The number of carbonyl (C=O) groups is 1. The summed E-state index contributed by atoms with van der Waals surface area (Å²) in [6.07, 6.45) is -2.52. The summed E-state index contributed by atoms with van der Waals surface area (Å²) in [6, 6.07) is 5.48. The van der Waals surface area contributed by atoms with E-state index in [0.717, 1.165) is 0 Å². The van der Waals surface area contributed by atoms with Gasteiger partial charge in [0.05, 0.1) is 22.0 Å². The zero-order valence-electron chi connectivity index (χ0n) is 10.4. The highest BCUT2D eigenvalue weighted by Crippen LogP contribution is 2.34. The van der Waals surface area contributed by atoms with Gasteiger partial charge >= 0.3 is 6.18 Å². The third-order valence-electron chi connectivity index (χ3n) is 2.74. The summed E-state index contributed by atoms with van der Waals surface area (Å²) in [5.41, 5.74) is 4.50. The van der Waals surface area contributed by atoms with Crippen LogP contribution in [0.5, 0.6) is 0 Å². The normalized spacial score (nSPS) is 13.0. The van der Waals surface area contributed by atoms with Crippen LogP contribution >= 0.6 is 11.6 Å². The van der Waals surface area contributed by atoms with E-state index in [1.165, 1.54) is 12.3 Å². The summed E-state index contributed by atoms with van der Waals surface area (Å²) in [6.45, 7) is 0. The van der Waals surface area contributed by atoms with E-state index in [0.29, 0.717) is 12.3 Å². The molecule has 2 N–H and O–H groups in total. The highest BCUT2D eigenvalue weighted by Gasteiger charge is 2.33. The molecule has 8 heteroatoms. The lowest BCUT2D eigenvalue weighted by Gasteiger charge is -2.15. The van der Waals surface area contributed by atoms with E-state index < -0.39 is 23.6 Å². The van der Waals surface area contributed by atoms with Crippen LogP contribution in [-0.2, 0) is 11.0 Å². The number of hydrogen-bond acceptors (Lipinski definition) is 3. The van der Waals surface area contributed by atoms with E-state index in [9.17, 15) is 18.0 Å². The molecular formula is C13H9ClF3N3O. The number of aromatic nitrogens is 2. The number of carbonyl (C=O) groups excluding carboxylic acids is 1. The number of nitrogens with two attached hydrogens (primary N) is 1. The molecule has 0 unspecified atom stereocenters. The largest absolute Gasteiger partial charge is 0.417 e. The Labute approximate surface area is 122 Å². The van der Waals surface area contributed by atoms with Crippen molar-refractivity contribution in [3.8, 4) is 0 Å². The van der Waals surface area contributed by atoms with Gasteiger partial charge in [0.2, 0.25) is 5.91 Å². The molecule has 0 bridgehead atoms. The Kier molecular flexibility index (Phi) is 4.13. The van der Waals surface area contributed by atoms with Crippen LogP contribution in [0.1, 0.15) is 22.9 Å². The maximum Gasteiger partial charge on any atom is 0.417 e. The van der Waals surface area contributed by atoms with Gasteiger partial charge in [0.15, 0.2) is 0 Å². The molecule has 0 aromatic carbocycles. The van der Waals surface area contributed by atoms with Crippen molar-refractivity contribution in [3.63, 3.8) is 0 Å². The van der Waals surface area contributed by atoms with Crippen LogP contribution in [0.15, 0.2) is 36.7 Å². The first-order valence-electron chi connectivity index (χ1n) is 5.73. The van der Waals surface area contributed by atoms with E-state index in [4.69, 9.17) is 17.3 Å². The molecule has 2 heterocycles. The van der Waals surface area contributed by atoms with Crippen molar-refractivity contribution in [3.05, 3.63) is 58.6 Å². The van der Waals surface area contributed by atoms with Gasteiger partial charge in [-0.05, 0) is 18.2 Å². The fourth-order valence-electron chi connectivity index (χ4n) is 1.78. The van der Waals surface area contributed by atoms with Gasteiger partial charge in [0, 0.05) is 12.4 Å². The average Bonchev–Trinajstić information content (AvgIpc) is 2.40. The Morgan fingerprint density at radius 1 is 1.29 bits per heavy atom. The number of primary amides is 1. The van der Waals surface area contributed by atoms with Gasteiger partial charge in [0.1, 0.15) is 5.92 Å². The Bertz CT molecular complexity index is 661. The van der Waals surface area contributed by atoms with Crippen molar-refractivity contribution in [1.29, 1.82) is 0 Å². The predicted octanol–water partition coefficient (Wildman–Crippen LogP) is 2.77. The van der Waals surface area contributed by atoms with E-state index in [-0.39, 0.29) is 16.4 Å². The zero-order valence-corrected chi connectivity index (χ0v) is 11.2. The topological polar surface area (TPSA) is 68.9 Å². The first kappa shape index (κ1) is 15.2. The summed E-state index contributed by atoms with van der Waals surface area (Å²) in [5.74, 6) is -1.91. The molecule has 2 rings (SSSR count). The third-order valence-corrected chi connectivity index (χ3v) is 3.04. The van der Waals surface area contributed by atoms with E-state index in [1.54, 1.807) is 12.1 Å². The zero-order chi connectivity index (χ0) is 15.6. The summed E-state index contributed by atoms with van der Waals surface area (Å²) < 4.78 is 37.7. The number of amides is 1. The first-order valence-corrected chi connectivity index (χ1v) is 6.11. The molecule has 0 saturated heterocycles. The molecule has 0 radical (unpaired) electrons. The maximum atomic E-state index is 12.6. The first-order chi connectivity index (χ1) is 9.80. The second kappa shape index (κ2) is 5.69. The van der Waals surface area contributed by atoms with Crippen molar-refractivity contribution in [1.82, 2.24) is 9.97 Å². The maximum absolute atomic E-state index is 12.6. The summed E-state index contributed by atoms with van der Waals surface area (Å²) >= 11 is 5.83. The molecule has 1 amide bonds. The number of halogens is 4. The van der Waals surface area contributed by atoms with Gasteiger partial charge in [-0.3, -0.25) is 14.8 Å². The molecule has 110 valence electrons. The van der Waals surface area contributed by atoms with Crippen molar-refractivity contribution < 1.29 is 18.0 Å². The lowest BCUT2D eigenvalue weighted by Crippen LogP contribution is -2.24. The number of hydrogen-bond donors (Lipinski definition) is 1. The molecule has 0 fully saturated rings. The van der Waals surface area contributed by atoms with E-state index in [1.807, 2.05) is 0 Å². The van der Waals surface area contributed by atoms with Gasteiger partial charge in [0.25, 0.3) is 0 Å². The molecule has 2 aromatic heterocycles. The highest BCUT2D eigenvalue weighted by atomic mass is 35.5. The molecular weight excluding hydrogens is 307 g/mol. The molecule has 0 saturated carbocycles. The quantitative estimate of drug-likeness (QED) is 0.947. The lowest BCUT2D eigenvalue weighted by molar-refractivity contribution is -0.137. The fraction of sp³-hybridized carbons (Fsp3) is 0.154. The molecule has 0 aliphatic rings. The van der Waals surface area contributed by atoms with E-state index in [2.05, 4.69) is 9.97 Å². The number of nitrogens with zero attached hydrogens (tertiary/aromatic N) is 2. The molecule has 21 heavy (non-hydrogen) atoms. The summed E-state index contributed by atoms with van der Waals surface area (Å²) in [7, 11) is 0. The van der Waals surface area contributed by atoms with Gasteiger partial charge < -0.3 is 5.73 Å².